The van der Waals surface area contributed by atoms with Crippen molar-refractivity contribution in [1.29, 1.82) is 0 Å². The van der Waals surface area contributed by atoms with Crippen molar-refractivity contribution < 1.29 is 9.53 Å². The van der Waals surface area contributed by atoms with Gasteiger partial charge in [0.05, 0.1) is 13.2 Å². The Hall–Kier alpha value is -1.59. The second-order valence-corrected chi connectivity index (χ2v) is 8.00. The van der Waals surface area contributed by atoms with Gasteiger partial charge in [-0.1, -0.05) is 31.2 Å². The van der Waals surface area contributed by atoms with Crippen LogP contribution in [0.15, 0.2) is 24.3 Å². The molecule has 1 spiro atoms. The van der Waals surface area contributed by atoms with E-state index < -0.39 is 0 Å². The first-order valence-electron chi connectivity index (χ1n) is 9.58. The van der Waals surface area contributed by atoms with E-state index in [1.54, 1.807) is 0 Å². The average Bonchev–Trinajstić information content (AvgIpc) is 3.40. The Morgan fingerprint density at radius 1 is 1.28 bits per heavy atom. The Balaban J connectivity index is 1.30. The van der Waals surface area contributed by atoms with E-state index in [1.807, 2.05) is 4.90 Å². The average molecular weight is 343 g/mol. The van der Waals surface area contributed by atoms with Crippen LogP contribution in [-0.4, -0.2) is 61.8 Å². The van der Waals surface area contributed by atoms with E-state index in [9.17, 15) is 4.79 Å². The van der Waals surface area contributed by atoms with E-state index in [4.69, 9.17) is 4.74 Å². The minimum atomic E-state index is 0.0922. The van der Waals surface area contributed by atoms with Crippen molar-refractivity contribution in [3.8, 4) is 0 Å². The van der Waals surface area contributed by atoms with Crippen molar-refractivity contribution in [2.75, 3.05) is 45.9 Å². The molecule has 1 N–H and O–H groups in total. The third-order valence-electron chi connectivity index (χ3n) is 5.86. The second-order valence-electron chi connectivity index (χ2n) is 8.00. The maximum atomic E-state index is 12.7. The molecule has 0 bridgehead atoms. The molecule has 1 saturated carbocycles. The lowest BCUT2D eigenvalue weighted by atomic mass is 9.87. The lowest BCUT2D eigenvalue weighted by Gasteiger charge is -2.35. The summed E-state index contributed by atoms with van der Waals surface area (Å²) in [4.78, 5) is 17.1. The van der Waals surface area contributed by atoms with Crippen molar-refractivity contribution in [2.24, 2.45) is 5.92 Å². The van der Waals surface area contributed by atoms with Crippen LogP contribution in [0.5, 0.6) is 0 Å². The van der Waals surface area contributed by atoms with E-state index >= 15 is 0 Å². The molecule has 5 heteroatoms. The highest BCUT2D eigenvalue weighted by Crippen LogP contribution is 2.52. The molecular formula is C20H29N3O2. The lowest BCUT2D eigenvalue weighted by Crippen LogP contribution is -2.48. The first-order chi connectivity index (χ1) is 12.2. The third-order valence-corrected chi connectivity index (χ3v) is 5.86. The van der Waals surface area contributed by atoms with Crippen molar-refractivity contribution in [1.82, 2.24) is 15.1 Å². The highest BCUT2D eigenvalue weighted by Gasteiger charge is 2.49. The molecule has 2 heterocycles. The van der Waals surface area contributed by atoms with Gasteiger partial charge in [0.25, 0.3) is 0 Å². The van der Waals surface area contributed by atoms with Gasteiger partial charge < -0.3 is 15.0 Å². The SMILES string of the molecule is C[C@H](CNC(=O)N1Cc2ccccc2C2(CC2)C1)CN1CCOCC1. The van der Waals surface area contributed by atoms with Gasteiger partial charge in [-0.05, 0) is 29.9 Å². The molecule has 1 aliphatic carbocycles. The third kappa shape index (κ3) is 3.67. The van der Waals surface area contributed by atoms with Crippen LogP contribution in [0.25, 0.3) is 0 Å². The van der Waals surface area contributed by atoms with Gasteiger partial charge in [0.15, 0.2) is 0 Å². The molecule has 1 atom stereocenters. The molecule has 2 amide bonds. The zero-order valence-electron chi connectivity index (χ0n) is 15.2. The largest absolute Gasteiger partial charge is 0.379 e. The summed E-state index contributed by atoms with van der Waals surface area (Å²) in [5.74, 6) is 0.453. The van der Waals surface area contributed by atoms with Gasteiger partial charge in [-0.25, -0.2) is 4.79 Å². The first-order valence-corrected chi connectivity index (χ1v) is 9.58. The van der Waals surface area contributed by atoms with Gasteiger partial charge in [0.2, 0.25) is 0 Å². The first kappa shape index (κ1) is 16.9. The van der Waals surface area contributed by atoms with Gasteiger partial charge >= 0.3 is 6.03 Å². The highest BCUT2D eigenvalue weighted by atomic mass is 16.5. The van der Waals surface area contributed by atoms with Crippen LogP contribution >= 0.6 is 0 Å². The minimum Gasteiger partial charge on any atom is -0.379 e. The molecule has 5 nitrogen and oxygen atoms in total. The van der Waals surface area contributed by atoms with Gasteiger partial charge in [-0.15, -0.1) is 0 Å². The number of amides is 2. The Morgan fingerprint density at radius 3 is 2.80 bits per heavy atom. The second kappa shape index (κ2) is 6.96. The zero-order chi connectivity index (χ0) is 17.3. The Morgan fingerprint density at radius 2 is 2.04 bits per heavy atom. The minimum absolute atomic E-state index is 0.0922. The molecule has 1 aromatic carbocycles. The van der Waals surface area contributed by atoms with Gasteiger partial charge in [0.1, 0.15) is 0 Å². The molecule has 25 heavy (non-hydrogen) atoms. The molecule has 3 aliphatic rings. The number of ether oxygens (including phenoxy) is 1. The summed E-state index contributed by atoms with van der Waals surface area (Å²) in [6.07, 6.45) is 2.42. The van der Waals surface area contributed by atoms with Crippen molar-refractivity contribution in [3.05, 3.63) is 35.4 Å². The molecular weight excluding hydrogens is 314 g/mol. The standard InChI is InChI=1S/C20H29N3O2/c1-16(13-22-8-10-25-11-9-22)12-21-19(24)23-14-17-4-2-3-5-18(17)20(15-23)6-7-20/h2-5,16H,6-15H2,1H3,(H,21,24)/t16-/m1/s1. The van der Waals surface area contributed by atoms with Crippen LogP contribution in [0, 0.1) is 5.92 Å². The van der Waals surface area contributed by atoms with E-state index in [1.165, 1.54) is 24.0 Å². The van der Waals surface area contributed by atoms with Crippen LogP contribution in [0.4, 0.5) is 4.79 Å². The highest BCUT2D eigenvalue weighted by molar-refractivity contribution is 5.75. The van der Waals surface area contributed by atoms with Crippen LogP contribution in [0.3, 0.4) is 0 Å². The molecule has 1 aromatic rings. The normalized spacial score (nSPS) is 23.2. The number of urea groups is 1. The maximum Gasteiger partial charge on any atom is 0.317 e. The number of rotatable bonds is 4. The molecule has 2 aliphatic heterocycles. The molecule has 2 fully saturated rings. The van der Waals surface area contributed by atoms with Crippen molar-refractivity contribution in [3.63, 3.8) is 0 Å². The van der Waals surface area contributed by atoms with Crippen LogP contribution in [0.2, 0.25) is 0 Å². The van der Waals surface area contributed by atoms with Crippen molar-refractivity contribution in [2.45, 2.75) is 31.7 Å². The fraction of sp³-hybridized carbons (Fsp3) is 0.650. The van der Waals surface area contributed by atoms with Crippen LogP contribution in [-0.2, 0) is 16.7 Å². The lowest BCUT2D eigenvalue weighted by molar-refractivity contribution is 0.0318. The van der Waals surface area contributed by atoms with Gasteiger partial charge in [-0.2, -0.15) is 0 Å². The van der Waals surface area contributed by atoms with Crippen molar-refractivity contribution >= 4 is 6.03 Å². The molecule has 0 unspecified atom stereocenters. The van der Waals surface area contributed by atoms with E-state index in [0.29, 0.717) is 5.92 Å². The predicted octanol–water partition coefficient (Wildman–Crippen LogP) is 2.21. The van der Waals surface area contributed by atoms with Crippen LogP contribution < -0.4 is 5.32 Å². The predicted molar refractivity (Wildman–Crippen MR) is 97.6 cm³/mol. The fourth-order valence-corrected chi connectivity index (χ4v) is 4.27. The number of hydrogen-bond acceptors (Lipinski definition) is 3. The number of carbonyl (C=O) groups excluding carboxylic acids is 1. The number of nitrogens with zero attached hydrogens (tertiary/aromatic N) is 2. The number of fused-ring (bicyclic) bond motifs is 2. The van der Waals surface area contributed by atoms with Gasteiger partial charge in [0, 0.05) is 44.7 Å². The summed E-state index contributed by atoms with van der Waals surface area (Å²) >= 11 is 0. The molecule has 4 rings (SSSR count). The summed E-state index contributed by atoms with van der Waals surface area (Å²) in [7, 11) is 0. The number of carbonyl (C=O) groups is 1. The Labute approximate surface area is 150 Å². The molecule has 1 saturated heterocycles. The fourth-order valence-electron chi connectivity index (χ4n) is 4.27. The summed E-state index contributed by atoms with van der Waals surface area (Å²) in [6.45, 7) is 9.24. The number of morpholine rings is 1. The molecule has 0 radical (unpaired) electrons. The summed E-state index contributed by atoms with van der Waals surface area (Å²) in [5.41, 5.74) is 3.04. The number of hydrogen-bond donors (Lipinski definition) is 1. The Bertz CT molecular complexity index is 623. The Kier molecular flexibility index (Phi) is 4.69. The number of nitrogens with one attached hydrogen (secondary N) is 1. The summed E-state index contributed by atoms with van der Waals surface area (Å²) in [6, 6.07) is 8.73. The van der Waals surface area contributed by atoms with Crippen LogP contribution in [0.1, 0.15) is 30.9 Å². The monoisotopic (exact) mass is 343 g/mol. The zero-order valence-corrected chi connectivity index (χ0v) is 15.2. The smallest absolute Gasteiger partial charge is 0.317 e. The topological polar surface area (TPSA) is 44.8 Å². The molecule has 0 aromatic heterocycles. The van der Waals surface area contributed by atoms with Gasteiger partial charge in [-0.3, -0.25) is 4.90 Å². The summed E-state index contributed by atoms with van der Waals surface area (Å²) in [5, 5.41) is 3.17. The van der Waals surface area contributed by atoms with E-state index in [-0.39, 0.29) is 11.4 Å². The maximum absolute atomic E-state index is 12.7. The quantitative estimate of drug-likeness (QED) is 0.912. The van der Waals surface area contributed by atoms with E-state index in [2.05, 4.69) is 41.4 Å². The molecule has 136 valence electrons. The number of benzene rings is 1. The van der Waals surface area contributed by atoms with E-state index in [0.717, 1.165) is 52.5 Å². The summed E-state index contributed by atoms with van der Waals surface area (Å²) < 4.78 is 5.39.